The molecule has 12 heteroatoms. The predicted octanol–water partition coefficient (Wildman–Crippen LogP) is 9.79. The van der Waals surface area contributed by atoms with Gasteiger partial charge in [0.05, 0.1) is 11.2 Å². The van der Waals surface area contributed by atoms with Gasteiger partial charge in [0.15, 0.2) is 0 Å². The summed E-state index contributed by atoms with van der Waals surface area (Å²) in [5.41, 5.74) is -5.11. The molecule has 0 bridgehead atoms. The Morgan fingerprint density at radius 3 is 1.73 bits per heavy atom. The molecular formula is C33H41F3N2O6S. The predicted molar refractivity (Wildman–Crippen MR) is 170 cm³/mol. The Hall–Kier alpha value is -3.67. The van der Waals surface area contributed by atoms with Crippen LogP contribution in [0.3, 0.4) is 0 Å². The zero-order valence-corrected chi connectivity index (χ0v) is 28.1. The first-order chi connectivity index (χ1) is 20.5. The van der Waals surface area contributed by atoms with E-state index in [9.17, 15) is 27.6 Å². The third kappa shape index (κ3) is 9.66. The number of imide groups is 1. The second-order valence-electron chi connectivity index (χ2n) is 13.5. The summed E-state index contributed by atoms with van der Waals surface area (Å²) in [4.78, 5) is 40.3. The number of thioether (sulfide) groups is 1. The minimum atomic E-state index is -4.51. The minimum absolute atomic E-state index is 0.109. The number of amides is 2. The summed E-state index contributed by atoms with van der Waals surface area (Å²) in [6, 6.07) is 13.0. The van der Waals surface area contributed by atoms with E-state index in [0.29, 0.717) is 27.7 Å². The molecule has 1 unspecified atom stereocenters. The third-order valence-electron chi connectivity index (χ3n) is 6.20. The van der Waals surface area contributed by atoms with Crippen molar-refractivity contribution in [2.75, 3.05) is 10.7 Å². The van der Waals surface area contributed by atoms with Crippen LogP contribution in [0.1, 0.15) is 85.1 Å². The van der Waals surface area contributed by atoms with E-state index >= 15 is 0 Å². The van der Waals surface area contributed by atoms with Gasteiger partial charge < -0.3 is 14.2 Å². The van der Waals surface area contributed by atoms with Crippen molar-refractivity contribution in [2.45, 2.75) is 97.5 Å². The fourth-order valence-electron chi connectivity index (χ4n) is 4.66. The third-order valence-corrected chi connectivity index (χ3v) is 7.03. The quantitative estimate of drug-likeness (QED) is 0.254. The van der Waals surface area contributed by atoms with Gasteiger partial charge in [0, 0.05) is 22.8 Å². The maximum absolute atomic E-state index is 13.6. The zero-order chi connectivity index (χ0) is 34.1. The Balaban J connectivity index is 2.17. The van der Waals surface area contributed by atoms with Crippen molar-refractivity contribution < 1.29 is 41.8 Å². The summed E-state index contributed by atoms with van der Waals surface area (Å²) in [5, 5.41) is 0.599. The van der Waals surface area contributed by atoms with Crippen molar-refractivity contribution in [2.24, 2.45) is 0 Å². The lowest BCUT2D eigenvalue weighted by Gasteiger charge is -2.29. The summed E-state index contributed by atoms with van der Waals surface area (Å²) in [6.07, 6.45) is -2.58. The number of ether oxygens (including phenoxy) is 3. The molecule has 0 fully saturated rings. The Labute approximate surface area is 266 Å². The standard InChI is InChI=1S/C33H41F3N2O6S/c1-20-26(23-13-11-12-14-25(23)37(20)27(39)42-30(2,3)4)24(19-45-33(34,35)36)21-15-17-22(18-16-21)38(28(40)43-31(5,6)7)29(41)44-32(8,9)10/h11-18,24H,19H2,1-10H3. The van der Waals surface area contributed by atoms with E-state index in [4.69, 9.17) is 14.2 Å². The van der Waals surface area contributed by atoms with Crippen LogP contribution in [0.25, 0.3) is 10.9 Å². The summed E-state index contributed by atoms with van der Waals surface area (Å²) >= 11 is -0.175. The van der Waals surface area contributed by atoms with Crippen LogP contribution in [0.5, 0.6) is 0 Å². The number of carbonyl (C=O) groups is 3. The Morgan fingerprint density at radius 1 is 0.778 bits per heavy atom. The number of alkyl halides is 3. The monoisotopic (exact) mass is 650 g/mol. The molecule has 0 aliphatic carbocycles. The van der Waals surface area contributed by atoms with E-state index in [2.05, 4.69) is 0 Å². The molecule has 0 radical (unpaired) electrons. The molecule has 3 rings (SSSR count). The van der Waals surface area contributed by atoms with Crippen LogP contribution in [0.2, 0.25) is 0 Å². The molecule has 8 nitrogen and oxygen atoms in total. The first kappa shape index (κ1) is 35.8. The lowest BCUT2D eigenvalue weighted by atomic mass is 9.90. The molecule has 1 heterocycles. The minimum Gasteiger partial charge on any atom is -0.443 e. The first-order valence-corrected chi connectivity index (χ1v) is 15.4. The van der Waals surface area contributed by atoms with Crippen molar-refractivity contribution in [3.63, 3.8) is 0 Å². The smallest absolute Gasteiger partial charge is 0.441 e. The zero-order valence-electron chi connectivity index (χ0n) is 27.3. The summed E-state index contributed by atoms with van der Waals surface area (Å²) < 4.78 is 58.6. The number of halogens is 3. The number of hydrogen-bond donors (Lipinski definition) is 0. The Morgan fingerprint density at radius 2 is 1.27 bits per heavy atom. The largest absolute Gasteiger partial charge is 0.443 e. The number of nitrogens with zero attached hydrogens (tertiary/aromatic N) is 2. The average Bonchev–Trinajstić information content (AvgIpc) is 3.13. The molecule has 45 heavy (non-hydrogen) atoms. The van der Waals surface area contributed by atoms with Gasteiger partial charge in [0.25, 0.3) is 0 Å². The highest BCUT2D eigenvalue weighted by Gasteiger charge is 2.35. The summed E-state index contributed by atoms with van der Waals surface area (Å²) in [5.74, 6) is -1.23. The Bertz CT molecular complexity index is 1520. The molecule has 246 valence electrons. The Kier molecular flexibility index (Phi) is 10.3. The highest BCUT2D eigenvalue weighted by Crippen LogP contribution is 2.42. The van der Waals surface area contributed by atoms with E-state index in [1.54, 1.807) is 106 Å². The van der Waals surface area contributed by atoms with Gasteiger partial charge >= 0.3 is 23.8 Å². The fourth-order valence-corrected chi connectivity index (χ4v) is 5.37. The number of rotatable bonds is 5. The average molecular weight is 651 g/mol. The van der Waals surface area contributed by atoms with Crippen LogP contribution in [0.15, 0.2) is 48.5 Å². The maximum atomic E-state index is 13.6. The SMILES string of the molecule is Cc1c(C(CSC(F)(F)F)c2ccc(N(C(=O)OC(C)(C)C)C(=O)OC(C)(C)C)cc2)c2ccccc2n1C(=O)OC(C)(C)C. The van der Waals surface area contributed by atoms with Crippen LogP contribution in [0, 0.1) is 6.92 Å². The van der Waals surface area contributed by atoms with Crippen LogP contribution < -0.4 is 4.90 Å². The molecule has 0 N–H and O–H groups in total. The summed E-state index contributed by atoms with van der Waals surface area (Å²) in [7, 11) is 0. The molecule has 0 saturated carbocycles. The molecule has 0 saturated heterocycles. The fraction of sp³-hybridized carbons (Fsp3) is 0.485. The highest BCUT2D eigenvalue weighted by molar-refractivity contribution is 8.00. The van der Waals surface area contributed by atoms with Crippen LogP contribution in [0.4, 0.5) is 33.2 Å². The molecule has 1 aromatic heterocycles. The van der Waals surface area contributed by atoms with Gasteiger partial charge in [0.1, 0.15) is 16.8 Å². The first-order valence-electron chi connectivity index (χ1n) is 14.4. The lowest BCUT2D eigenvalue weighted by Crippen LogP contribution is -2.43. The van der Waals surface area contributed by atoms with Crippen molar-refractivity contribution in [3.8, 4) is 0 Å². The summed E-state index contributed by atoms with van der Waals surface area (Å²) in [6.45, 7) is 16.8. The van der Waals surface area contributed by atoms with E-state index < -0.39 is 52.3 Å². The van der Waals surface area contributed by atoms with Crippen molar-refractivity contribution in [1.82, 2.24) is 4.57 Å². The van der Waals surface area contributed by atoms with Gasteiger partial charge in [-0.25, -0.2) is 19.0 Å². The van der Waals surface area contributed by atoms with Crippen molar-refractivity contribution in [3.05, 3.63) is 65.4 Å². The molecule has 0 aliphatic heterocycles. The topological polar surface area (TPSA) is 87.1 Å². The molecule has 3 aromatic rings. The van der Waals surface area contributed by atoms with Gasteiger partial charge in [-0.3, -0.25) is 0 Å². The van der Waals surface area contributed by atoms with Gasteiger partial charge in [-0.15, -0.1) is 0 Å². The van der Waals surface area contributed by atoms with E-state index in [-0.39, 0.29) is 17.4 Å². The van der Waals surface area contributed by atoms with Crippen LogP contribution in [-0.2, 0) is 14.2 Å². The molecule has 2 amide bonds. The van der Waals surface area contributed by atoms with Gasteiger partial charge in [-0.05, 0) is 98.6 Å². The number of anilines is 1. The van der Waals surface area contributed by atoms with Gasteiger partial charge in [0.2, 0.25) is 0 Å². The number of hydrogen-bond acceptors (Lipinski definition) is 7. The lowest BCUT2D eigenvalue weighted by molar-refractivity contribution is -0.0328. The van der Waals surface area contributed by atoms with Crippen LogP contribution >= 0.6 is 11.8 Å². The molecular weight excluding hydrogens is 609 g/mol. The van der Waals surface area contributed by atoms with Gasteiger partial charge in [-0.1, -0.05) is 42.1 Å². The number of fused-ring (bicyclic) bond motifs is 1. The van der Waals surface area contributed by atoms with Crippen molar-refractivity contribution in [1.29, 1.82) is 0 Å². The van der Waals surface area contributed by atoms with E-state index in [1.165, 1.54) is 16.7 Å². The number of benzene rings is 2. The normalized spacial score (nSPS) is 13.4. The molecule has 2 aromatic carbocycles. The maximum Gasteiger partial charge on any atom is 0.441 e. The number of para-hydroxylation sites is 1. The van der Waals surface area contributed by atoms with E-state index in [1.807, 2.05) is 0 Å². The number of carbonyl (C=O) groups excluding carboxylic acids is 3. The highest BCUT2D eigenvalue weighted by atomic mass is 32.2. The molecule has 0 aliphatic rings. The molecule has 0 spiro atoms. The van der Waals surface area contributed by atoms with E-state index in [0.717, 1.165) is 4.90 Å². The molecule has 1 atom stereocenters. The second kappa shape index (κ2) is 13.0. The van der Waals surface area contributed by atoms with Crippen LogP contribution in [-0.4, -0.2) is 50.9 Å². The number of aromatic nitrogens is 1. The van der Waals surface area contributed by atoms with Crippen molar-refractivity contribution >= 4 is 46.6 Å². The van der Waals surface area contributed by atoms with Gasteiger partial charge in [-0.2, -0.15) is 18.1 Å². The second-order valence-corrected chi connectivity index (χ2v) is 14.6.